The van der Waals surface area contributed by atoms with Gasteiger partial charge < -0.3 is 5.11 Å². The van der Waals surface area contributed by atoms with Crippen molar-refractivity contribution in [2.24, 2.45) is 0 Å². The molecule has 4 nitrogen and oxygen atoms in total. The smallest absolute Gasteiger partial charge is 0.138 e. The molecule has 46 heavy (non-hydrogen) atoms. The van der Waals surface area contributed by atoms with Gasteiger partial charge in [0, 0.05) is 28.7 Å². The molecule has 222 valence electrons. The van der Waals surface area contributed by atoms with E-state index in [2.05, 4.69) is 120 Å². The molecule has 0 atom stereocenters. The van der Waals surface area contributed by atoms with E-state index in [1.807, 2.05) is 49.5 Å². The van der Waals surface area contributed by atoms with Gasteiger partial charge in [-0.2, -0.15) is 0 Å². The molecule has 5 aromatic carbocycles. The fraction of sp³-hybridized carbons (Fsp3) is 0.0476. The van der Waals surface area contributed by atoms with E-state index < -0.39 is 0 Å². The van der Waals surface area contributed by atoms with Crippen molar-refractivity contribution < 1.29 is 5.11 Å². The van der Waals surface area contributed by atoms with E-state index in [-0.39, 0.29) is 5.75 Å². The fourth-order valence-corrected chi connectivity index (χ4v) is 5.86. The van der Waals surface area contributed by atoms with Gasteiger partial charge in [-0.15, -0.1) is 0 Å². The Balaban J connectivity index is 1.41. The minimum atomic E-state index is 0.216. The number of anilines is 3. The summed E-state index contributed by atoms with van der Waals surface area (Å²) in [5, 5.41) is 10.7. The number of hydrogen-bond acceptors (Lipinski definition) is 4. The maximum atomic E-state index is 10.7. The SMILES string of the molecule is Cc1ccc(-c2cc(Cc3ccccc3)cc(N(c3ccccc3)c3cc(-c4ccccc4)ccn3)c2)nc1-c1ccccc1O. The predicted molar refractivity (Wildman–Crippen MR) is 189 cm³/mol. The summed E-state index contributed by atoms with van der Waals surface area (Å²) in [7, 11) is 0. The lowest BCUT2D eigenvalue weighted by Crippen LogP contribution is -2.12. The Labute approximate surface area is 269 Å². The normalized spacial score (nSPS) is 10.9. The lowest BCUT2D eigenvalue weighted by atomic mass is 9.98. The molecule has 0 unspecified atom stereocenters. The number of phenols is 1. The van der Waals surface area contributed by atoms with Crippen molar-refractivity contribution in [3.05, 3.63) is 181 Å². The van der Waals surface area contributed by atoms with E-state index in [1.165, 1.54) is 5.56 Å². The van der Waals surface area contributed by atoms with Gasteiger partial charge in [-0.1, -0.05) is 97.1 Å². The second-order valence-electron chi connectivity index (χ2n) is 11.4. The van der Waals surface area contributed by atoms with Gasteiger partial charge in [-0.3, -0.25) is 4.90 Å². The Morgan fingerprint density at radius 2 is 1.26 bits per heavy atom. The van der Waals surface area contributed by atoms with E-state index in [9.17, 15) is 5.11 Å². The Kier molecular flexibility index (Phi) is 8.08. The number of pyridine rings is 2. The third-order valence-corrected chi connectivity index (χ3v) is 8.13. The molecule has 0 saturated carbocycles. The van der Waals surface area contributed by atoms with Crippen molar-refractivity contribution in [3.8, 4) is 39.4 Å². The van der Waals surface area contributed by atoms with Crippen molar-refractivity contribution in [1.82, 2.24) is 9.97 Å². The number of phenolic OH excluding ortho intramolecular Hbond substituents is 1. The summed E-state index contributed by atoms with van der Waals surface area (Å²) in [6, 6.07) is 53.6. The molecule has 0 radical (unpaired) electrons. The van der Waals surface area contributed by atoms with Crippen LogP contribution in [0.2, 0.25) is 0 Å². The molecule has 0 amide bonds. The number of para-hydroxylation sites is 2. The molecule has 0 aliphatic rings. The van der Waals surface area contributed by atoms with Gasteiger partial charge in [-0.25, -0.2) is 9.97 Å². The molecule has 2 heterocycles. The average molecular weight is 596 g/mol. The summed E-state index contributed by atoms with van der Waals surface area (Å²) < 4.78 is 0. The number of rotatable bonds is 8. The molecule has 0 saturated heterocycles. The monoisotopic (exact) mass is 595 g/mol. The Bertz CT molecular complexity index is 2090. The molecular weight excluding hydrogens is 562 g/mol. The van der Waals surface area contributed by atoms with E-state index in [1.54, 1.807) is 6.07 Å². The zero-order valence-corrected chi connectivity index (χ0v) is 25.6. The first-order valence-corrected chi connectivity index (χ1v) is 15.4. The summed E-state index contributed by atoms with van der Waals surface area (Å²) in [4.78, 5) is 12.2. The average Bonchev–Trinajstić information content (AvgIpc) is 3.10. The molecule has 0 spiro atoms. The number of benzene rings is 5. The number of aromatic hydroxyl groups is 1. The predicted octanol–water partition coefficient (Wildman–Crippen LogP) is 10.6. The maximum Gasteiger partial charge on any atom is 0.138 e. The van der Waals surface area contributed by atoms with Crippen LogP contribution in [0.25, 0.3) is 33.6 Å². The van der Waals surface area contributed by atoms with E-state index in [4.69, 9.17) is 9.97 Å². The zero-order valence-electron chi connectivity index (χ0n) is 25.6. The number of hydrogen-bond donors (Lipinski definition) is 1. The van der Waals surface area contributed by atoms with Crippen LogP contribution in [0.4, 0.5) is 17.2 Å². The first-order valence-electron chi connectivity index (χ1n) is 15.4. The number of aryl methyl sites for hydroxylation is 1. The Morgan fingerprint density at radius 1 is 0.565 bits per heavy atom. The first kappa shape index (κ1) is 28.8. The van der Waals surface area contributed by atoms with Crippen molar-refractivity contribution >= 4 is 17.2 Å². The van der Waals surface area contributed by atoms with Crippen molar-refractivity contribution in [2.75, 3.05) is 4.90 Å². The van der Waals surface area contributed by atoms with Crippen molar-refractivity contribution in [1.29, 1.82) is 0 Å². The Hall–Kier alpha value is -6.00. The fourth-order valence-electron chi connectivity index (χ4n) is 5.86. The van der Waals surface area contributed by atoms with Crippen LogP contribution in [0.1, 0.15) is 16.7 Å². The van der Waals surface area contributed by atoms with Crippen LogP contribution in [0.5, 0.6) is 5.75 Å². The van der Waals surface area contributed by atoms with Gasteiger partial charge in [-0.05, 0) is 102 Å². The van der Waals surface area contributed by atoms with Gasteiger partial charge in [0.15, 0.2) is 0 Å². The maximum absolute atomic E-state index is 10.7. The summed E-state index contributed by atoms with van der Waals surface area (Å²) in [6.45, 7) is 2.03. The van der Waals surface area contributed by atoms with Gasteiger partial charge in [0.05, 0.1) is 11.4 Å². The highest BCUT2D eigenvalue weighted by Crippen LogP contribution is 2.39. The third kappa shape index (κ3) is 6.15. The molecule has 1 N–H and O–H groups in total. The van der Waals surface area contributed by atoms with Gasteiger partial charge >= 0.3 is 0 Å². The van der Waals surface area contributed by atoms with Crippen LogP contribution in [-0.2, 0) is 6.42 Å². The van der Waals surface area contributed by atoms with Gasteiger partial charge in [0.1, 0.15) is 11.6 Å². The second-order valence-corrected chi connectivity index (χ2v) is 11.4. The molecule has 7 rings (SSSR count). The van der Waals surface area contributed by atoms with E-state index >= 15 is 0 Å². The van der Waals surface area contributed by atoms with Crippen LogP contribution in [-0.4, -0.2) is 15.1 Å². The van der Waals surface area contributed by atoms with Crippen LogP contribution in [0.3, 0.4) is 0 Å². The van der Waals surface area contributed by atoms with Crippen molar-refractivity contribution in [2.45, 2.75) is 13.3 Å². The number of aromatic nitrogens is 2. The summed E-state index contributed by atoms with van der Waals surface area (Å²) >= 11 is 0. The third-order valence-electron chi connectivity index (χ3n) is 8.13. The standard InChI is InChI=1S/C42H33N3O/c1-30-21-22-39(44-42(30)38-19-11-12-20-40(38)46)35-26-32(25-31-13-5-2-6-14-31)27-37(28-35)45(36-17-9-4-10-18-36)41-29-34(23-24-43-41)33-15-7-3-8-16-33/h2-24,26-29,46H,25H2,1H3. The molecule has 4 heteroatoms. The van der Waals surface area contributed by atoms with Crippen LogP contribution in [0.15, 0.2) is 164 Å². The van der Waals surface area contributed by atoms with Crippen molar-refractivity contribution in [3.63, 3.8) is 0 Å². The number of nitrogens with zero attached hydrogens (tertiary/aromatic N) is 3. The Morgan fingerprint density at radius 3 is 2.02 bits per heavy atom. The first-order chi connectivity index (χ1) is 22.6. The zero-order chi connectivity index (χ0) is 31.3. The molecule has 0 aliphatic heterocycles. The van der Waals surface area contributed by atoms with Gasteiger partial charge in [0.2, 0.25) is 0 Å². The molecule has 2 aromatic heterocycles. The lowest BCUT2D eigenvalue weighted by molar-refractivity contribution is 0.477. The molecule has 0 aliphatic carbocycles. The lowest BCUT2D eigenvalue weighted by Gasteiger charge is -2.26. The molecule has 7 aromatic rings. The highest BCUT2D eigenvalue weighted by atomic mass is 16.3. The highest BCUT2D eigenvalue weighted by Gasteiger charge is 2.18. The van der Waals surface area contributed by atoms with E-state index in [0.29, 0.717) is 0 Å². The summed E-state index contributed by atoms with van der Waals surface area (Å²) in [6.07, 6.45) is 2.64. The largest absolute Gasteiger partial charge is 0.507 e. The second kappa shape index (κ2) is 12.9. The van der Waals surface area contributed by atoms with Crippen LogP contribution >= 0.6 is 0 Å². The van der Waals surface area contributed by atoms with Crippen LogP contribution in [0, 0.1) is 6.92 Å². The van der Waals surface area contributed by atoms with E-state index in [0.717, 1.165) is 68.4 Å². The highest BCUT2D eigenvalue weighted by molar-refractivity contribution is 5.81. The van der Waals surface area contributed by atoms with Gasteiger partial charge in [0.25, 0.3) is 0 Å². The topological polar surface area (TPSA) is 49.2 Å². The summed E-state index contributed by atoms with van der Waals surface area (Å²) in [5.41, 5.74) is 10.9. The quantitative estimate of drug-likeness (QED) is 0.190. The minimum absolute atomic E-state index is 0.216. The minimum Gasteiger partial charge on any atom is -0.507 e. The molecule has 0 bridgehead atoms. The van der Waals surface area contributed by atoms with Crippen LogP contribution < -0.4 is 4.90 Å². The molecular formula is C42H33N3O. The molecule has 0 fully saturated rings. The summed E-state index contributed by atoms with van der Waals surface area (Å²) in [5.74, 6) is 1.04.